The van der Waals surface area contributed by atoms with E-state index in [-0.39, 0.29) is 5.91 Å². The molecule has 0 radical (unpaired) electrons. The van der Waals surface area contributed by atoms with Gasteiger partial charge < -0.3 is 16.0 Å². The van der Waals surface area contributed by atoms with Crippen molar-refractivity contribution in [3.05, 3.63) is 17.7 Å². The van der Waals surface area contributed by atoms with Crippen molar-refractivity contribution in [3.63, 3.8) is 0 Å². The third kappa shape index (κ3) is 2.59. The minimum absolute atomic E-state index is 0.0863. The number of piperidine rings is 1. The van der Waals surface area contributed by atoms with Gasteiger partial charge in [0.25, 0.3) is 0 Å². The van der Waals surface area contributed by atoms with E-state index in [2.05, 4.69) is 37.1 Å². The number of aryl methyl sites for hydroxylation is 1. The van der Waals surface area contributed by atoms with Crippen LogP contribution in [-0.2, 0) is 11.2 Å². The summed E-state index contributed by atoms with van der Waals surface area (Å²) in [6.07, 6.45) is 2.65. The van der Waals surface area contributed by atoms with E-state index in [9.17, 15) is 4.79 Å². The van der Waals surface area contributed by atoms with Gasteiger partial charge in [-0.3, -0.25) is 4.79 Å². The van der Waals surface area contributed by atoms with Crippen LogP contribution in [0, 0.1) is 11.8 Å². The molecule has 2 aliphatic rings. The Balaban J connectivity index is 1.96. The Morgan fingerprint density at radius 3 is 2.76 bits per heavy atom. The van der Waals surface area contributed by atoms with E-state index < -0.39 is 0 Å². The van der Waals surface area contributed by atoms with Crippen molar-refractivity contribution in [1.29, 1.82) is 0 Å². The molecule has 114 valence electrons. The zero-order valence-corrected chi connectivity index (χ0v) is 13.1. The van der Waals surface area contributed by atoms with E-state index in [1.54, 1.807) is 0 Å². The third-order valence-corrected chi connectivity index (χ3v) is 5.06. The summed E-state index contributed by atoms with van der Waals surface area (Å²) in [5, 5.41) is 2.92. The second-order valence-electron chi connectivity index (χ2n) is 6.83. The van der Waals surface area contributed by atoms with Crippen LogP contribution in [0.2, 0.25) is 0 Å². The van der Waals surface area contributed by atoms with Gasteiger partial charge in [0.2, 0.25) is 5.91 Å². The quantitative estimate of drug-likeness (QED) is 0.781. The van der Waals surface area contributed by atoms with Crippen molar-refractivity contribution in [1.82, 2.24) is 0 Å². The maximum Gasteiger partial charge on any atom is 0.224 e. The molecule has 1 amide bonds. The molecule has 3 rings (SSSR count). The number of nitrogens with zero attached hydrogens (tertiary/aromatic N) is 1. The van der Waals surface area contributed by atoms with Gasteiger partial charge in [0.15, 0.2) is 0 Å². The summed E-state index contributed by atoms with van der Waals surface area (Å²) >= 11 is 0. The number of hydrogen-bond acceptors (Lipinski definition) is 3. The SMILES string of the molecule is CC1CC(C)C(C)N(c2cc3c(cc2N)NC(=O)CC3)C1. The number of carbonyl (C=O) groups excluding carboxylic acids is 1. The fourth-order valence-electron chi connectivity index (χ4n) is 3.71. The standard InChI is InChI=1S/C17H25N3O/c1-10-6-11(2)12(3)20(9-10)16-7-13-4-5-17(21)19-15(13)8-14(16)18/h7-8,10-12H,4-6,9,18H2,1-3H3,(H,19,21). The highest BCUT2D eigenvalue weighted by Crippen LogP contribution is 2.38. The first-order chi connectivity index (χ1) is 9.95. The Labute approximate surface area is 126 Å². The summed E-state index contributed by atoms with van der Waals surface area (Å²) in [6, 6.07) is 4.61. The number of carbonyl (C=O) groups is 1. The van der Waals surface area contributed by atoms with Crippen LogP contribution in [0.25, 0.3) is 0 Å². The number of nitrogens with two attached hydrogens (primary N) is 1. The van der Waals surface area contributed by atoms with Gasteiger partial charge in [0, 0.05) is 24.7 Å². The second-order valence-corrected chi connectivity index (χ2v) is 6.83. The summed E-state index contributed by atoms with van der Waals surface area (Å²) in [7, 11) is 0. The lowest BCUT2D eigenvalue weighted by Gasteiger charge is -2.43. The number of rotatable bonds is 1. The largest absolute Gasteiger partial charge is 0.397 e. The number of nitrogen functional groups attached to an aromatic ring is 1. The van der Waals surface area contributed by atoms with Crippen LogP contribution < -0.4 is 16.0 Å². The minimum Gasteiger partial charge on any atom is -0.397 e. The molecular weight excluding hydrogens is 262 g/mol. The van der Waals surface area contributed by atoms with Gasteiger partial charge in [-0.2, -0.15) is 0 Å². The molecular formula is C17H25N3O. The molecule has 1 saturated heterocycles. The molecule has 1 aromatic carbocycles. The van der Waals surface area contributed by atoms with Crippen LogP contribution in [0.4, 0.5) is 17.1 Å². The molecule has 3 atom stereocenters. The maximum absolute atomic E-state index is 11.5. The van der Waals surface area contributed by atoms with Crippen LogP contribution >= 0.6 is 0 Å². The van der Waals surface area contributed by atoms with E-state index in [0.29, 0.717) is 24.3 Å². The van der Waals surface area contributed by atoms with E-state index in [0.717, 1.165) is 30.0 Å². The smallest absolute Gasteiger partial charge is 0.224 e. The number of fused-ring (bicyclic) bond motifs is 1. The van der Waals surface area contributed by atoms with Gasteiger partial charge in [-0.1, -0.05) is 13.8 Å². The van der Waals surface area contributed by atoms with Crippen molar-refractivity contribution in [3.8, 4) is 0 Å². The molecule has 0 aromatic heterocycles. The molecule has 3 N–H and O–H groups in total. The van der Waals surface area contributed by atoms with Crippen LogP contribution in [0.5, 0.6) is 0 Å². The van der Waals surface area contributed by atoms with Crippen LogP contribution in [-0.4, -0.2) is 18.5 Å². The van der Waals surface area contributed by atoms with Gasteiger partial charge in [-0.25, -0.2) is 0 Å². The van der Waals surface area contributed by atoms with Gasteiger partial charge in [0.1, 0.15) is 0 Å². The number of anilines is 3. The Morgan fingerprint density at radius 1 is 1.24 bits per heavy atom. The van der Waals surface area contributed by atoms with Crippen molar-refractivity contribution in [2.24, 2.45) is 11.8 Å². The highest BCUT2D eigenvalue weighted by molar-refractivity contribution is 5.95. The zero-order chi connectivity index (χ0) is 15.1. The molecule has 0 bridgehead atoms. The summed E-state index contributed by atoms with van der Waals surface area (Å²) in [5.41, 5.74) is 10.3. The van der Waals surface area contributed by atoms with Crippen molar-refractivity contribution in [2.75, 3.05) is 22.5 Å². The van der Waals surface area contributed by atoms with E-state index in [4.69, 9.17) is 5.73 Å². The van der Waals surface area contributed by atoms with Crippen molar-refractivity contribution in [2.45, 2.75) is 46.1 Å². The van der Waals surface area contributed by atoms with Gasteiger partial charge in [0.05, 0.1) is 11.4 Å². The Bertz CT molecular complexity index is 569. The highest BCUT2D eigenvalue weighted by atomic mass is 16.1. The van der Waals surface area contributed by atoms with Gasteiger partial charge >= 0.3 is 0 Å². The Morgan fingerprint density at radius 2 is 2.00 bits per heavy atom. The van der Waals surface area contributed by atoms with E-state index >= 15 is 0 Å². The molecule has 21 heavy (non-hydrogen) atoms. The average molecular weight is 287 g/mol. The van der Waals surface area contributed by atoms with Gasteiger partial charge in [-0.15, -0.1) is 0 Å². The molecule has 2 aliphatic heterocycles. The summed E-state index contributed by atoms with van der Waals surface area (Å²) in [4.78, 5) is 13.9. The normalized spacial score (nSPS) is 29.0. The third-order valence-electron chi connectivity index (χ3n) is 5.06. The first-order valence-electron chi connectivity index (χ1n) is 7.94. The lowest BCUT2D eigenvalue weighted by atomic mass is 9.85. The average Bonchev–Trinajstić information content (AvgIpc) is 2.42. The molecule has 1 aromatic rings. The number of nitrogens with one attached hydrogen (secondary N) is 1. The molecule has 1 fully saturated rings. The lowest BCUT2D eigenvalue weighted by molar-refractivity contribution is -0.116. The number of hydrogen-bond donors (Lipinski definition) is 2. The fourth-order valence-corrected chi connectivity index (χ4v) is 3.71. The van der Waals surface area contributed by atoms with Crippen LogP contribution in [0.3, 0.4) is 0 Å². The molecule has 0 aliphatic carbocycles. The van der Waals surface area contributed by atoms with Crippen molar-refractivity contribution >= 4 is 23.0 Å². The van der Waals surface area contributed by atoms with E-state index in [1.807, 2.05) is 6.07 Å². The number of amides is 1. The predicted molar refractivity (Wildman–Crippen MR) is 87.6 cm³/mol. The monoisotopic (exact) mass is 287 g/mol. The molecule has 0 saturated carbocycles. The molecule has 3 unspecified atom stereocenters. The first kappa shape index (κ1) is 14.2. The minimum atomic E-state index is 0.0863. The maximum atomic E-state index is 11.5. The Kier molecular flexibility index (Phi) is 3.56. The molecule has 4 heteroatoms. The fraction of sp³-hybridized carbons (Fsp3) is 0.588. The van der Waals surface area contributed by atoms with Crippen LogP contribution in [0.15, 0.2) is 12.1 Å². The van der Waals surface area contributed by atoms with Crippen LogP contribution in [0.1, 0.15) is 39.2 Å². The number of benzene rings is 1. The molecule has 4 nitrogen and oxygen atoms in total. The summed E-state index contributed by atoms with van der Waals surface area (Å²) < 4.78 is 0. The highest BCUT2D eigenvalue weighted by Gasteiger charge is 2.30. The lowest BCUT2D eigenvalue weighted by Crippen LogP contribution is -2.46. The summed E-state index contributed by atoms with van der Waals surface area (Å²) in [5.74, 6) is 1.44. The summed E-state index contributed by atoms with van der Waals surface area (Å²) in [6.45, 7) is 7.98. The second kappa shape index (κ2) is 5.24. The Hall–Kier alpha value is -1.71. The molecule has 0 spiro atoms. The van der Waals surface area contributed by atoms with Gasteiger partial charge in [-0.05, 0) is 49.3 Å². The first-order valence-corrected chi connectivity index (χ1v) is 7.94. The van der Waals surface area contributed by atoms with Crippen molar-refractivity contribution < 1.29 is 4.79 Å². The zero-order valence-electron chi connectivity index (χ0n) is 13.1. The topological polar surface area (TPSA) is 58.4 Å². The van der Waals surface area contributed by atoms with E-state index in [1.165, 1.54) is 12.0 Å². The molecule has 2 heterocycles. The predicted octanol–water partition coefficient (Wildman–Crippen LogP) is 3.02.